The normalized spacial score (nSPS) is 4.25. The van der Waals surface area contributed by atoms with Crippen LogP contribution in [0.15, 0.2) is 5.54 Å². The lowest BCUT2D eigenvalue weighted by molar-refractivity contribution is 2.92. The van der Waals surface area contributed by atoms with Gasteiger partial charge in [-0.3, -0.25) is 0 Å². The fraction of sp³-hybridized carbons (Fsp3) is 0. The lowest BCUT2D eigenvalue weighted by Crippen LogP contribution is -1.18. The Kier molecular flexibility index (Phi) is 3.29. The maximum absolute atomic E-state index is 4.85. The largest absolute Gasteiger partial charge is 0.0829 e. The van der Waals surface area contributed by atoms with Gasteiger partial charge in [0, 0.05) is 0 Å². The summed E-state index contributed by atoms with van der Waals surface area (Å²) in [7, 11) is 0. The van der Waals surface area contributed by atoms with E-state index < -0.39 is 0 Å². The molecule has 0 saturated carbocycles. The van der Waals surface area contributed by atoms with E-state index in [9.17, 15) is 0 Å². The minimum absolute atomic E-state index is 1.16. The quantitative estimate of drug-likeness (QED) is 0.407. The molecule has 0 fully saturated rings. The SMILES string of the molecule is S=C=CCl. The lowest BCUT2D eigenvalue weighted by atomic mass is 11.3. The molecule has 0 nitrogen and oxygen atoms in total. The van der Waals surface area contributed by atoms with Crippen molar-refractivity contribution in [3.8, 4) is 0 Å². The number of hydrogen-bond acceptors (Lipinski definition) is 1. The van der Waals surface area contributed by atoms with Gasteiger partial charge in [0.2, 0.25) is 0 Å². The Balaban J connectivity index is 3.11. The van der Waals surface area contributed by atoms with E-state index in [2.05, 4.69) is 17.2 Å². The molecule has 0 atom stereocenters. The second-order valence-electron chi connectivity index (χ2n) is 0.227. The number of rotatable bonds is 0. The van der Waals surface area contributed by atoms with Crippen LogP contribution in [-0.2, 0) is 0 Å². The van der Waals surface area contributed by atoms with Crippen LogP contribution >= 0.6 is 23.8 Å². The van der Waals surface area contributed by atoms with Gasteiger partial charge in [-0.25, -0.2) is 0 Å². The first-order chi connectivity index (χ1) is 1.91. The van der Waals surface area contributed by atoms with E-state index in [0.717, 1.165) is 5.54 Å². The first-order valence-corrected chi connectivity index (χ1v) is 1.56. The molecule has 0 heterocycles. The van der Waals surface area contributed by atoms with Crippen LogP contribution in [0.25, 0.3) is 0 Å². The van der Waals surface area contributed by atoms with Crippen LogP contribution in [0, 0.1) is 0 Å². The van der Waals surface area contributed by atoms with E-state index in [1.54, 1.807) is 0 Å². The van der Waals surface area contributed by atoms with E-state index in [-0.39, 0.29) is 0 Å². The van der Waals surface area contributed by atoms with Gasteiger partial charge in [0.1, 0.15) is 0 Å². The van der Waals surface area contributed by atoms with E-state index >= 15 is 0 Å². The molecule has 0 bridgehead atoms. The highest BCUT2D eigenvalue weighted by molar-refractivity contribution is 7.78. The first-order valence-electron chi connectivity index (χ1n) is 0.711. The average molecular weight is 92.6 g/mol. The Labute approximate surface area is 35.1 Å². The summed E-state index contributed by atoms with van der Waals surface area (Å²) < 4.78 is 0. The van der Waals surface area contributed by atoms with Gasteiger partial charge in [-0.2, -0.15) is 0 Å². The molecule has 0 radical (unpaired) electrons. The molecule has 0 aliphatic rings. The predicted octanol–water partition coefficient (Wildman–Crippen LogP) is 1.34. The Morgan fingerprint density at radius 3 is 2.25 bits per heavy atom. The highest BCUT2D eigenvalue weighted by Gasteiger charge is 1.30. The summed E-state index contributed by atoms with van der Waals surface area (Å²) >= 11 is 8.96. The van der Waals surface area contributed by atoms with E-state index in [1.165, 1.54) is 0 Å². The summed E-state index contributed by atoms with van der Waals surface area (Å²) in [4.78, 5) is 0. The van der Waals surface area contributed by atoms with Gasteiger partial charge in [0.25, 0.3) is 0 Å². The maximum atomic E-state index is 4.85. The average Bonchev–Trinajstić information content (AvgIpc) is 1.37. The zero-order chi connectivity index (χ0) is 3.41. The molecule has 0 rings (SSSR count). The number of thiocarbonyl (C=S) groups is 1. The number of hydrogen-bond donors (Lipinski definition) is 0. The van der Waals surface area contributed by atoms with Crippen molar-refractivity contribution < 1.29 is 0 Å². The van der Waals surface area contributed by atoms with Crippen molar-refractivity contribution in [2.45, 2.75) is 0 Å². The second kappa shape index (κ2) is 3.16. The highest BCUT2D eigenvalue weighted by atomic mass is 35.5. The fourth-order valence-electron chi connectivity index (χ4n) is 0. The second-order valence-corrected chi connectivity index (χ2v) is 0.681. The zero-order valence-electron chi connectivity index (χ0n) is 1.86. The Bertz CT molecular complexity index is 44.0. The molecule has 0 aromatic rings. The minimum Gasteiger partial charge on any atom is -0.0829 e. The van der Waals surface area contributed by atoms with Gasteiger partial charge < -0.3 is 0 Å². The van der Waals surface area contributed by atoms with Crippen molar-refractivity contribution in [1.82, 2.24) is 0 Å². The predicted molar refractivity (Wildman–Crippen MR) is 23.0 cm³/mol. The molecule has 0 amide bonds. The molecular formula is C2HClS. The minimum atomic E-state index is 1.16. The monoisotopic (exact) mass is 91.9 g/mol. The number of halogens is 1. The Morgan fingerprint density at radius 2 is 2.25 bits per heavy atom. The summed E-state index contributed by atoms with van der Waals surface area (Å²) in [5.41, 5.74) is 1.16. The van der Waals surface area contributed by atoms with Crippen molar-refractivity contribution in [2.24, 2.45) is 0 Å². The van der Waals surface area contributed by atoms with Gasteiger partial charge in [-0.1, -0.05) is 11.6 Å². The van der Waals surface area contributed by atoms with Crippen LogP contribution in [0.3, 0.4) is 0 Å². The van der Waals surface area contributed by atoms with Gasteiger partial charge in [0.05, 0.1) is 5.54 Å². The molecule has 0 aromatic heterocycles. The summed E-state index contributed by atoms with van der Waals surface area (Å²) in [5, 5.41) is 2.15. The van der Waals surface area contributed by atoms with Crippen molar-refractivity contribution in [3.63, 3.8) is 0 Å². The third kappa shape index (κ3) is 2.16. The summed E-state index contributed by atoms with van der Waals surface area (Å²) in [6.45, 7) is 0. The third-order valence-corrected chi connectivity index (χ3v) is 0.401. The van der Waals surface area contributed by atoms with Gasteiger partial charge in [-0.05, 0) is 17.2 Å². The first kappa shape index (κ1) is 4.16. The van der Waals surface area contributed by atoms with Crippen LogP contribution in [-0.4, -0.2) is 5.02 Å². The van der Waals surface area contributed by atoms with Crippen molar-refractivity contribution in [3.05, 3.63) is 5.54 Å². The topological polar surface area (TPSA) is 0 Å². The molecule has 0 aromatic carbocycles. The highest BCUT2D eigenvalue weighted by Crippen LogP contribution is 1.61. The summed E-state index contributed by atoms with van der Waals surface area (Å²) in [6, 6.07) is 0. The smallest absolute Gasteiger partial charge is 0.0578 e. The third-order valence-electron chi connectivity index (χ3n) is 0.0445. The molecule has 0 aliphatic heterocycles. The van der Waals surface area contributed by atoms with Crippen molar-refractivity contribution in [2.75, 3.05) is 0 Å². The van der Waals surface area contributed by atoms with E-state index in [4.69, 9.17) is 11.6 Å². The van der Waals surface area contributed by atoms with Crippen LogP contribution in [0.4, 0.5) is 0 Å². The molecule has 0 unspecified atom stereocenters. The van der Waals surface area contributed by atoms with Gasteiger partial charge in [0.15, 0.2) is 0 Å². The van der Waals surface area contributed by atoms with Crippen LogP contribution in [0.5, 0.6) is 0 Å². The van der Waals surface area contributed by atoms with Crippen LogP contribution in [0.2, 0.25) is 0 Å². The van der Waals surface area contributed by atoms with Crippen LogP contribution in [0.1, 0.15) is 0 Å². The lowest BCUT2D eigenvalue weighted by Gasteiger charge is -1.31. The maximum Gasteiger partial charge on any atom is 0.0578 e. The molecule has 0 spiro atoms. The summed E-state index contributed by atoms with van der Waals surface area (Å²) in [5.74, 6) is 0. The zero-order valence-corrected chi connectivity index (χ0v) is 3.44. The molecule has 4 heavy (non-hydrogen) atoms. The van der Waals surface area contributed by atoms with Gasteiger partial charge in [-0.15, -0.1) is 0 Å². The molecule has 0 saturated heterocycles. The fourth-order valence-corrected chi connectivity index (χ4v) is 0. The molecule has 0 N–H and O–H groups in total. The molecule has 2 heteroatoms. The Morgan fingerprint density at radius 1 is 2.00 bits per heavy atom. The van der Waals surface area contributed by atoms with Crippen LogP contribution < -0.4 is 0 Å². The Hall–Kier alpha value is 0.160. The van der Waals surface area contributed by atoms with Gasteiger partial charge >= 0.3 is 0 Å². The summed E-state index contributed by atoms with van der Waals surface area (Å²) in [6.07, 6.45) is 0. The van der Waals surface area contributed by atoms with Crippen molar-refractivity contribution >= 4 is 28.8 Å². The standard InChI is InChI=1S/C2HClS/c3-1-2-4/h1H. The molecule has 22 valence electrons. The molecule has 0 aliphatic carbocycles. The van der Waals surface area contributed by atoms with Crippen molar-refractivity contribution in [1.29, 1.82) is 0 Å². The van der Waals surface area contributed by atoms with E-state index in [1.807, 2.05) is 0 Å². The molecular weight excluding hydrogens is 91.5 g/mol. The van der Waals surface area contributed by atoms with E-state index in [0.29, 0.717) is 0 Å².